The number of carbonyl (C=O) groups excluding carboxylic acids is 1. The monoisotopic (exact) mass is 456 g/mol. The van der Waals surface area contributed by atoms with Crippen LogP contribution in [0.4, 0.5) is 18.9 Å². The highest BCUT2D eigenvalue weighted by Gasteiger charge is 2.38. The molecule has 7 nitrogen and oxygen atoms in total. The van der Waals surface area contributed by atoms with Gasteiger partial charge in [-0.05, 0) is 18.2 Å². The second-order valence-electron chi connectivity index (χ2n) is 7.82. The maximum Gasteiger partial charge on any atom is 0.241 e. The smallest absolute Gasteiger partial charge is 0.241 e. The maximum absolute atomic E-state index is 14.7. The molecule has 33 heavy (non-hydrogen) atoms. The lowest BCUT2D eigenvalue weighted by Crippen LogP contribution is -2.39. The molecule has 0 unspecified atom stereocenters. The molecule has 1 saturated heterocycles. The van der Waals surface area contributed by atoms with Crippen molar-refractivity contribution >= 4 is 11.6 Å². The Balaban J connectivity index is 1.34. The summed E-state index contributed by atoms with van der Waals surface area (Å²) in [6.45, 7) is 0.247. The zero-order valence-electron chi connectivity index (χ0n) is 17.3. The molecule has 5 rings (SSSR count). The lowest BCUT2D eigenvalue weighted by Gasteiger charge is -2.23. The topological polar surface area (TPSA) is 76.6 Å². The second-order valence-corrected chi connectivity index (χ2v) is 7.82. The Morgan fingerprint density at radius 1 is 1.18 bits per heavy atom. The van der Waals surface area contributed by atoms with Gasteiger partial charge in [-0.3, -0.25) is 19.7 Å². The van der Waals surface area contributed by atoms with Crippen molar-refractivity contribution in [3.8, 4) is 22.6 Å². The lowest BCUT2D eigenvalue weighted by atomic mass is 10.1. The van der Waals surface area contributed by atoms with Crippen LogP contribution in [0.15, 0.2) is 48.9 Å². The number of pyridine rings is 2. The SMILES string of the molecule is O=C(Nc1cc(F)c(-c2cccnc2)c(F)c1)[C@H]1C[C@H](F)CN1Cc1nccc2c1OCO2. The molecule has 2 aliphatic heterocycles. The van der Waals surface area contributed by atoms with Crippen LogP contribution in [-0.2, 0) is 11.3 Å². The number of likely N-dealkylation sites (tertiary alicyclic amines) is 1. The molecule has 0 saturated carbocycles. The van der Waals surface area contributed by atoms with Crippen LogP contribution in [0, 0.1) is 11.6 Å². The Bertz CT molecular complexity index is 1170. The summed E-state index contributed by atoms with van der Waals surface area (Å²) >= 11 is 0. The minimum absolute atomic E-state index is 0.0208. The van der Waals surface area contributed by atoms with Gasteiger partial charge in [-0.15, -0.1) is 0 Å². The van der Waals surface area contributed by atoms with Gasteiger partial charge in [0.15, 0.2) is 11.5 Å². The van der Waals surface area contributed by atoms with Gasteiger partial charge in [-0.1, -0.05) is 6.07 Å². The van der Waals surface area contributed by atoms with Gasteiger partial charge in [-0.25, -0.2) is 13.2 Å². The molecular weight excluding hydrogens is 437 g/mol. The molecule has 0 spiro atoms. The third kappa shape index (κ3) is 4.21. The van der Waals surface area contributed by atoms with Gasteiger partial charge >= 0.3 is 0 Å². The van der Waals surface area contributed by atoms with Crippen molar-refractivity contribution in [2.45, 2.75) is 25.2 Å². The molecule has 1 N–H and O–H groups in total. The molecule has 3 aromatic rings. The van der Waals surface area contributed by atoms with E-state index in [0.29, 0.717) is 17.2 Å². The van der Waals surface area contributed by atoms with Gasteiger partial charge < -0.3 is 14.8 Å². The number of hydrogen-bond acceptors (Lipinski definition) is 6. The van der Waals surface area contributed by atoms with E-state index in [1.54, 1.807) is 23.2 Å². The minimum atomic E-state index is -1.23. The Morgan fingerprint density at radius 2 is 2.00 bits per heavy atom. The number of halogens is 3. The molecule has 2 aliphatic rings. The summed E-state index contributed by atoms with van der Waals surface area (Å²) in [5.41, 5.74) is 0.510. The normalized spacial score (nSPS) is 19.6. The molecule has 2 atom stereocenters. The van der Waals surface area contributed by atoms with E-state index < -0.39 is 29.8 Å². The van der Waals surface area contributed by atoms with E-state index >= 15 is 0 Å². The summed E-state index contributed by atoms with van der Waals surface area (Å²) in [7, 11) is 0. The molecule has 2 aromatic heterocycles. The third-order valence-electron chi connectivity index (χ3n) is 5.63. The minimum Gasteiger partial charge on any atom is -0.453 e. The number of alkyl halides is 1. The Morgan fingerprint density at radius 3 is 2.76 bits per heavy atom. The van der Waals surface area contributed by atoms with Crippen molar-refractivity contribution in [3.05, 3.63) is 66.3 Å². The number of nitrogens with zero attached hydrogens (tertiary/aromatic N) is 3. The number of aromatic nitrogens is 2. The number of fused-ring (bicyclic) bond motifs is 1. The van der Waals surface area contributed by atoms with Crippen molar-refractivity contribution in [1.82, 2.24) is 14.9 Å². The third-order valence-corrected chi connectivity index (χ3v) is 5.63. The first kappa shape index (κ1) is 21.2. The van der Waals surface area contributed by atoms with E-state index in [1.165, 1.54) is 18.5 Å². The number of rotatable bonds is 5. The number of amides is 1. The summed E-state index contributed by atoms with van der Waals surface area (Å²) in [5.74, 6) is -1.24. The summed E-state index contributed by atoms with van der Waals surface area (Å²) in [6.07, 6.45) is 3.13. The highest BCUT2D eigenvalue weighted by atomic mass is 19.1. The average Bonchev–Trinajstić information content (AvgIpc) is 3.41. The Labute approximate surface area is 187 Å². The Hall–Kier alpha value is -3.66. The number of nitrogens with one attached hydrogen (secondary N) is 1. The fraction of sp³-hybridized carbons (Fsp3) is 0.261. The van der Waals surface area contributed by atoms with Crippen LogP contribution in [0.1, 0.15) is 12.1 Å². The van der Waals surface area contributed by atoms with E-state index in [1.807, 2.05) is 0 Å². The summed E-state index contributed by atoms with van der Waals surface area (Å²) in [4.78, 5) is 22.7. The van der Waals surface area contributed by atoms with E-state index in [4.69, 9.17) is 9.47 Å². The Kier molecular flexibility index (Phi) is 5.59. The van der Waals surface area contributed by atoms with Gasteiger partial charge in [0.1, 0.15) is 23.5 Å². The fourth-order valence-electron chi connectivity index (χ4n) is 4.15. The molecule has 1 fully saturated rings. The predicted molar refractivity (Wildman–Crippen MR) is 112 cm³/mol. The van der Waals surface area contributed by atoms with Crippen molar-refractivity contribution in [1.29, 1.82) is 0 Å². The van der Waals surface area contributed by atoms with Gasteiger partial charge in [0.25, 0.3) is 0 Å². The molecule has 1 amide bonds. The molecule has 10 heteroatoms. The van der Waals surface area contributed by atoms with Crippen molar-refractivity contribution < 1.29 is 27.4 Å². The number of hydrogen-bond donors (Lipinski definition) is 1. The highest BCUT2D eigenvalue weighted by molar-refractivity contribution is 5.95. The maximum atomic E-state index is 14.7. The predicted octanol–water partition coefficient (Wildman–Crippen LogP) is 3.70. The first-order chi connectivity index (χ1) is 16.0. The van der Waals surface area contributed by atoms with Crippen LogP contribution in [-0.4, -0.2) is 46.3 Å². The zero-order valence-corrected chi connectivity index (χ0v) is 17.3. The van der Waals surface area contributed by atoms with Gasteiger partial charge in [0.2, 0.25) is 12.7 Å². The molecule has 0 bridgehead atoms. The average molecular weight is 456 g/mol. The summed E-state index contributed by atoms with van der Waals surface area (Å²) in [6, 6.07) is 5.99. The standard InChI is InChI=1S/C23H19F3N4O3/c24-14-6-19(30(10-14)11-18-22-20(3-5-28-18)32-12-33-22)23(31)29-15-7-16(25)21(17(26)8-15)13-2-1-4-27-9-13/h1-5,7-9,14,19H,6,10-12H2,(H,29,31)/t14-,19+/m0/s1. The van der Waals surface area contributed by atoms with Crippen molar-refractivity contribution in [2.75, 3.05) is 18.7 Å². The van der Waals surface area contributed by atoms with Crippen molar-refractivity contribution in [3.63, 3.8) is 0 Å². The van der Waals surface area contributed by atoms with Crippen LogP contribution >= 0.6 is 0 Å². The number of benzene rings is 1. The number of ether oxygens (including phenoxy) is 2. The van der Waals surface area contributed by atoms with E-state index in [9.17, 15) is 18.0 Å². The molecule has 170 valence electrons. The quantitative estimate of drug-likeness (QED) is 0.631. The van der Waals surface area contributed by atoms with Crippen LogP contribution in [0.3, 0.4) is 0 Å². The first-order valence-electron chi connectivity index (χ1n) is 10.3. The zero-order chi connectivity index (χ0) is 22.9. The fourth-order valence-corrected chi connectivity index (χ4v) is 4.15. The number of carbonyl (C=O) groups is 1. The molecule has 0 radical (unpaired) electrons. The summed E-state index contributed by atoms with van der Waals surface area (Å²) < 4.78 is 54.3. The lowest BCUT2D eigenvalue weighted by molar-refractivity contribution is -0.120. The van der Waals surface area contributed by atoms with Crippen LogP contribution in [0.5, 0.6) is 11.5 Å². The first-order valence-corrected chi connectivity index (χ1v) is 10.3. The van der Waals surface area contributed by atoms with Crippen LogP contribution in [0.25, 0.3) is 11.1 Å². The molecular formula is C23H19F3N4O3. The van der Waals surface area contributed by atoms with Gasteiger partial charge in [-0.2, -0.15) is 0 Å². The van der Waals surface area contributed by atoms with Crippen molar-refractivity contribution in [2.24, 2.45) is 0 Å². The molecule has 0 aliphatic carbocycles. The van der Waals surface area contributed by atoms with Gasteiger partial charge in [0.05, 0.1) is 11.6 Å². The molecule has 1 aromatic carbocycles. The van der Waals surface area contributed by atoms with E-state index in [0.717, 1.165) is 12.1 Å². The van der Waals surface area contributed by atoms with Crippen LogP contribution < -0.4 is 14.8 Å². The van der Waals surface area contributed by atoms with E-state index in [-0.39, 0.29) is 43.1 Å². The summed E-state index contributed by atoms with van der Waals surface area (Å²) in [5, 5.41) is 2.51. The van der Waals surface area contributed by atoms with E-state index in [2.05, 4.69) is 15.3 Å². The van der Waals surface area contributed by atoms with Crippen LogP contribution in [0.2, 0.25) is 0 Å². The van der Waals surface area contributed by atoms with Gasteiger partial charge in [0, 0.05) is 55.4 Å². The highest BCUT2D eigenvalue weighted by Crippen LogP contribution is 2.36. The number of anilines is 1. The second kappa shape index (κ2) is 8.70. The molecule has 4 heterocycles. The largest absolute Gasteiger partial charge is 0.453 e.